The van der Waals surface area contributed by atoms with Crippen molar-refractivity contribution in [3.63, 3.8) is 0 Å². The van der Waals surface area contributed by atoms with Gasteiger partial charge in [-0.2, -0.15) is 8.78 Å². The van der Waals surface area contributed by atoms with Gasteiger partial charge in [0.05, 0.1) is 0 Å². The maximum absolute atomic E-state index is 12.0. The summed E-state index contributed by atoms with van der Waals surface area (Å²) >= 11 is 3.07. The summed E-state index contributed by atoms with van der Waals surface area (Å²) in [7, 11) is 0. The van der Waals surface area contributed by atoms with Gasteiger partial charge < -0.3 is 9.84 Å². The number of halogens is 3. The van der Waals surface area contributed by atoms with Crippen molar-refractivity contribution < 1.29 is 23.4 Å². The smallest absolute Gasteiger partial charge is 0.346 e. The second kappa shape index (κ2) is 5.18. The van der Waals surface area contributed by atoms with E-state index in [0.29, 0.717) is 4.47 Å². The number of ether oxygens (including phenoxy) is 1. The van der Waals surface area contributed by atoms with E-state index in [4.69, 9.17) is 5.11 Å². The quantitative estimate of drug-likeness (QED) is 0.923. The molecule has 1 aromatic carbocycles. The minimum atomic E-state index is -3.13. The van der Waals surface area contributed by atoms with Crippen molar-refractivity contribution in [1.29, 1.82) is 0 Å². The molecule has 0 amide bonds. The van der Waals surface area contributed by atoms with Crippen LogP contribution >= 0.6 is 15.9 Å². The van der Waals surface area contributed by atoms with Crippen LogP contribution in [0.15, 0.2) is 28.7 Å². The van der Waals surface area contributed by atoms with Crippen LogP contribution in [0, 0.1) is 0 Å². The number of carboxylic acids is 1. The Morgan fingerprint density at radius 2 is 2.00 bits per heavy atom. The van der Waals surface area contributed by atoms with Gasteiger partial charge in [-0.15, -0.1) is 0 Å². The predicted octanol–water partition coefficient (Wildman–Crippen LogP) is 2.81. The molecule has 0 aromatic heterocycles. The van der Waals surface area contributed by atoms with Gasteiger partial charge >= 0.3 is 12.6 Å². The average molecular weight is 281 g/mol. The number of hydrogen-bond acceptors (Lipinski definition) is 2. The molecule has 0 aliphatic carbocycles. The molecule has 1 rings (SSSR count). The molecular weight excluding hydrogens is 274 g/mol. The molecule has 0 bridgehead atoms. The summed E-state index contributed by atoms with van der Waals surface area (Å²) in [4.78, 5) is 10.7. The number of benzene rings is 1. The Morgan fingerprint density at radius 3 is 2.47 bits per heavy atom. The summed E-state index contributed by atoms with van der Waals surface area (Å²) in [5.41, 5.74) is 0.158. The van der Waals surface area contributed by atoms with Gasteiger partial charge in [-0.25, -0.2) is 4.79 Å². The second-order valence-electron chi connectivity index (χ2n) is 2.64. The van der Waals surface area contributed by atoms with Crippen molar-refractivity contribution in [1.82, 2.24) is 0 Å². The van der Waals surface area contributed by atoms with Crippen molar-refractivity contribution in [2.45, 2.75) is 12.7 Å². The minimum Gasteiger partial charge on any atom is -0.479 e. The summed E-state index contributed by atoms with van der Waals surface area (Å²) in [6, 6.07) is 6.16. The van der Waals surface area contributed by atoms with Crippen molar-refractivity contribution >= 4 is 21.9 Å². The number of carboxylic acid groups (broad SMARTS) is 1. The monoisotopic (exact) mass is 280 g/mol. The lowest BCUT2D eigenvalue weighted by molar-refractivity contribution is -0.188. The largest absolute Gasteiger partial charge is 0.479 e. The Morgan fingerprint density at radius 1 is 1.40 bits per heavy atom. The van der Waals surface area contributed by atoms with Crippen LogP contribution in [0.25, 0.3) is 0 Å². The zero-order valence-electron chi connectivity index (χ0n) is 7.36. The molecule has 0 saturated carbocycles. The maximum atomic E-state index is 12.0. The highest BCUT2D eigenvalue weighted by Crippen LogP contribution is 2.27. The van der Waals surface area contributed by atoms with Crippen LogP contribution < -0.4 is 0 Å². The molecule has 82 valence electrons. The van der Waals surface area contributed by atoms with Gasteiger partial charge in [-0.3, -0.25) is 0 Å². The fourth-order valence-corrected chi connectivity index (χ4v) is 1.55. The molecule has 1 N–H and O–H groups in total. The fourth-order valence-electron chi connectivity index (χ4n) is 1.06. The van der Waals surface area contributed by atoms with Gasteiger partial charge in [0.25, 0.3) is 0 Å². The Balaban J connectivity index is 2.99. The van der Waals surface area contributed by atoms with Crippen molar-refractivity contribution in [2.24, 2.45) is 0 Å². The van der Waals surface area contributed by atoms with E-state index >= 15 is 0 Å². The first-order valence-electron chi connectivity index (χ1n) is 3.93. The lowest BCUT2D eigenvalue weighted by Crippen LogP contribution is -2.18. The summed E-state index contributed by atoms with van der Waals surface area (Å²) in [6.45, 7) is -3.13. The average Bonchev–Trinajstić information content (AvgIpc) is 2.15. The van der Waals surface area contributed by atoms with E-state index in [0.717, 1.165) is 0 Å². The Hall–Kier alpha value is -1.01. The highest BCUT2D eigenvalue weighted by atomic mass is 79.9. The molecule has 0 fully saturated rings. The van der Waals surface area contributed by atoms with Crippen molar-refractivity contribution in [2.75, 3.05) is 0 Å². The van der Waals surface area contributed by atoms with E-state index in [1.54, 1.807) is 18.2 Å². The van der Waals surface area contributed by atoms with Crippen LogP contribution in [0.3, 0.4) is 0 Å². The van der Waals surface area contributed by atoms with Crippen LogP contribution in [-0.4, -0.2) is 17.7 Å². The standard InChI is InChI=1S/C9H7BrF2O3/c10-6-4-2-1-3-5(6)7(8(13)14)15-9(11)12/h1-4,7,9H,(H,13,14). The topological polar surface area (TPSA) is 46.5 Å². The summed E-state index contributed by atoms with van der Waals surface area (Å²) in [6.07, 6.45) is -1.67. The number of alkyl halides is 2. The van der Waals surface area contributed by atoms with Gasteiger partial charge in [-0.1, -0.05) is 34.1 Å². The third kappa shape index (κ3) is 3.24. The zero-order chi connectivity index (χ0) is 11.4. The zero-order valence-corrected chi connectivity index (χ0v) is 8.95. The first kappa shape index (κ1) is 12.1. The molecular formula is C9H7BrF2O3. The van der Waals surface area contributed by atoms with E-state index in [9.17, 15) is 13.6 Å². The molecule has 0 heterocycles. The molecule has 0 saturated heterocycles. The normalized spacial score (nSPS) is 12.8. The minimum absolute atomic E-state index is 0.158. The van der Waals surface area contributed by atoms with Crippen molar-refractivity contribution in [3.05, 3.63) is 34.3 Å². The van der Waals surface area contributed by atoms with Gasteiger partial charge in [0.2, 0.25) is 0 Å². The summed E-state index contributed by atoms with van der Waals surface area (Å²) in [5, 5.41) is 8.72. The van der Waals surface area contributed by atoms with Gasteiger partial charge in [0.15, 0.2) is 6.10 Å². The highest BCUT2D eigenvalue weighted by molar-refractivity contribution is 9.10. The molecule has 3 nitrogen and oxygen atoms in total. The Bertz CT molecular complexity index is 357. The Kier molecular flexibility index (Phi) is 4.16. The molecule has 1 aromatic rings. The SMILES string of the molecule is O=C(O)C(OC(F)F)c1ccccc1Br. The van der Waals surface area contributed by atoms with E-state index in [-0.39, 0.29) is 5.56 Å². The van der Waals surface area contributed by atoms with Crippen LogP contribution in [-0.2, 0) is 9.53 Å². The molecule has 6 heteroatoms. The van der Waals surface area contributed by atoms with E-state index in [1.165, 1.54) is 6.07 Å². The molecule has 0 spiro atoms. The lowest BCUT2D eigenvalue weighted by atomic mass is 10.1. The maximum Gasteiger partial charge on any atom is 0.346 e. The van der Waals surface area contributed by atoms with Gasteiger partial charge in [0.1, 0.15) is 0 Å². The fraction of sp³-hybridized carbons (Fsp3) is 0.222. The summed E-state index contributed by atoms with van der Waals surface area (Å²) < 4.78 is 28.4. The van der Waals surface area contributed by atoms with Crippen LogP contribution in [0.1, 0.15) is 11.7 Å². The van der Waals surface area contributed by atoms with Crippen molar-refractivity contribution in [3.8, 4) is 0 Å². The van der Waals surface area contributed by atoms with E-state index in [1.807, 2.05) is 0 Å². The number of rotatable bonds is 4. The lowest BCUT2D eigenvalue weighted by Gasteiger charge is -2.14. The first-order chi connectivity index (χ1) is 7.02. The molecule has 0 aliphatic rings. The molecule has 1 unspecified atom stereocenters. The third-order valence-corrected chi connectivity index (χ3v) is 2.37. The van der Waals surface area contributed by atoms with Crippen LogP contribution in [0.4, 0.5) is 8.78 Å². The van der Waals surface area contributed by atoms with E-state index < -0.39 is 18.7 Å². The van der Waals surface area contributed by atoms with E-state index in [2.05, 4.69) is 20.7 Å². The predicted molar refractivity (Wildman–Crippen MR) is 51.6 cm³/mol. The van der Waals surface area contributed by atoms with Crippen LogP contribution in [0.2, 0.25) is 0 Å². The van der Waals surface area contributed by atoms with Gasteiger partial charge in [0, 0.05) is 10.0 Å². The molecule has 0 aliphatic heterocycles. The number of aliphatic carboxylic acids is 1. The first-order valence-corrected chi connectivity index (χ1v) is 4.72. The highest BCUT2D eigenvalue weighted by Gasteiger charge is 2.26. The number of hydrogen-bond donors (Lipinski definition) is 1. The Labute approximate surface area is 92.8 Å². The third-order valence-electron chi connectivity index (χ3n) is 1.65. The molecule has 1 atom stereocenters. The number of carbonyl (C=O) groups is 1. The molecule has 0 radical (unpaired) electrons. The van der Waals surface area contributed by atoms with Crippen LogP contribution in [0.5, 0.6) is 0 Å². The second-order valence-corrected chi connectivity index (χ2v) is 3.49. The van der Waals surface area contributed by atoms with Gasteiger partial charge in [-0.05, 0) is 6.07 Å². The molecule has 15 heavy (non-hydrogen) atoms. The summed E-state index contributed by atoms with van der Waals surface area (Å²) in [5.74, 6) is -1.46.